The number of rotatable bonds is 3. The monoisotopic (exact) mass is 348 g/mol. The smallest absolute Gasteiger partial charge is 0.316 e. The lowest BCUT2D eigenvalue weighted by Crippen LogP contribution is -2.19. The van der Waals surface area contributed by atoms with Crippen molar-refractivity contribution in [3.05, 3.63) is 52.5 Å². The van der Waals surface area contributed by atoms with E-state index in [0.717, 1.165) is 4.47 Å². The number of carbonyl (C=O) groups is 2. The highest BCUT2D eigenvalue weighted by Crippen LogP contribution is 2.21. The third kappa shape index (κ3) is 3.96. The van der Waals surface area contributed by atoms with Gasteiger partial charge in [-0.25, -0.2) is 4.79 Å². The van der Waals surface area contributed by atoms with Crippen LogP contribution in [-0.4, -0.2) is 11.9 Å². The van der Waals surface area contributed by atoms with Gasteiger partial charge >= 0.3 is 6.03 Å². The minimum Gasteiger partial charge on any atom is -0.398 e. The number of primary amides is 1. The molecule has 2 aromatic rings. The van der Waals surface area contributed by atoms with Gasteiger partial charge in [0.1, 0.15) is 0 Å². The molecule has 0 aliphatic carbocycles. The van der Waals surface area contributed by atoms with Gasteiger partial charge in [0.25, 0.3) is 5.91 Å². The lowest BCUT2D eigenvalue weighted by molar-refractivity contribution is 0.102. The van der Waals surface area contributed by atoms with Crippen LogP contribution in [0.2, 0.25) is 0 Å². The summed E-state index contributed by atoms with van der Waals surface area (Å²) in [6.07, 6.45) is 0. The number of hydrogen-bond donors (Lipinski definition) is 4. The molecule has 7 heteroatoms. The molecule has 0 aliphatic rings. The number of nitrogens with two attached hydrogens (primary N) is 2. The molecule has 0 radical (unpaired) electrons. The molecule has 0 saturated heterocycles. The molecule has 6 N–H and O–H groups in total. The van der Waals surface area contributed by atoms with Gasteiger partial charge in [-0.15, -0.1) is 0 Å². The summed E-state index contributed by atoms with van der Waals surface area (Å²) in [7, 11) is 0. The number of urea groups is 1. The molecule has 0 spiro atoms. The Hall–Kier alpha value is -2.54. The normalized spacial score (nSPS) is 9.95. The largest absolute Gasteiger partial charge is 0.398 e. The van der Waals surface area contributed by atoms with Crippen LogP contribution in [0.3, 0.4) is 0 Å². The van der Waals surface area contributed by atoms with E-state index >= 15 is 0 Å². The number of carbonyl (C=O) groups excluding carboxylic acids is 2. The molecule has 108 valence electrons. The Labute approximate surface area is 129 Å². The van der Waals surface area contributed by atoms with Crippen molar-refractivity contribution in [2.75, 3.05) is 16.4 Å². The third-order valence-electron chi connectivity index (χ3n) is 2.65. The Balaban J connectivity index is 2.19. The second kappa shape index (κ2) is 6.27. The molecular formula is C14H13BrN4O2. The number of nitrogen functional groups attached to an aromatic ring is 1. The first-order chi connectivity index (χ1) is 9.95. The fourth-order valence-electron chi connectivity index (χ4n) is 1.74. The predicted molar refractivity (Wildman–Crippen MR) is 86.2 cm³/mol. The molecule has 6 nitrogen and oxygen atoms in total. The van der Waals surface area contributed by atoms with Crippen LogP contribution in [0.4, 0.5) is 21.9 Å². The number of hydrogen-bond acceptors (Lipinski definition) is 3. The van der Waals surface area contributed by atoms with Crippen molar-refractivity contribution in [3.63, 3.8) is 0 Å². The van der Waals surface area contributed by atoms with Crippen LogP contribution >= 0.6 is 15.9 Å². The summed E-state index contributed by atoms with van der Waals surface area (Å²) >= 11 is 3.29. The first-order valence-electron chi connectivity index (χ1n) is 5.98. The standard InChI is InChI=1S/C14H13BrN4O2/c15-8-4-5-12(16)11(6-8)13(20)18-9-2-1-3-10(7-9)19-14(17)21/h1-7H,16H2,(H,18,20)(H3,17,19,21). The number of benzene rings is 2. The van der Waals surface area contributed by atoms with Crippen LogP contribution in [0.1, 0.15) is 10.4 Å². The maximum absolute atomic E-state index is 12.2. The van der Waals surface area contributed by atoms with Gasteiger partial charge in [-0.2, -0.15) is 0 Å². The number of nitrogens with one attached hydrogen (secondary N) is 2. The molecule has 0 aliphatic heterocycles. The summed E-state index contributed by atoms with van der Waals surface area (Å²) in [4.78, 5) is 23.0. The van der Waals surface area contributed by atoms with Crippen molar-refractivity contribution < 1.29 is 9.59 Å². The van der Waals surface area contributed by atoms with Gasteiger partial charge in [0.15, 0.2) is 0 Å². The molecule has 0 bridgehead atoms. The average Bonchev–Trinajstić information content (AvgIpc) is 2.41. The van der Waals surface area contributed by atoms with E-state index in [9.17, 15) is 9.59 Å². The quantitative estimate of drug-likeness (QED) is 0.640. The molecule has 2 rings (SSSR count). The highest BCUT2D eigenvalue weighted by Gasteiger charge is 2.11. The van der Waals surface area contributed by atoms with Crippen LogP contribution in [-0.2, 0) is 0 Å². The third-order valence-corrected chi connectivity index (χ3v) is 3.14. The van der Waals surface area contributed by atoms with Crippen molar-refractivity contribution in [2.24, 2.45) is 5.73 Å². The van der Waals surface area contributed by atoms with E-state index in [1.165, 1.54) is 0 Å². The summed E-state index contributed by atoms with van der Waals surface area (Å²) in [5.41, 5.74) is 12.6. The molecular weight excluding hydrogens is 336 g/mol. The van der Waals surface area contributed by atoms with Gasteiger partial charge in [0.05, 0.1) is 5.56 Å². The van der Waals surface area contributed by atoms with Crippen molar-refractivity contribution in [1.29, 1.82) is 0 Å². The zero-order chi connectivity index (χ0) is 15.4. The van der Waals surface area contributed by atoms with Gasteiger partial charge in [0, 0.05) is 21.5 Å². The highest BCUT2D eigenvalue weighted by molar-refractivity contribution is 9.10. The molecule has 0 fully saturated rings. The van der Waals surface area contributed by atoms with Crippen LogP contribution in [0, 0.1) is 0 Å². The molecule has 0 aromatic heterocycles. The van der Waals surface area contributed by atoms with E-state index < -0.39 is 6.03 Å². The minimum atomic E-state index is -0.672. The molecule has 0 atom stereocenters. The molecule has 0 saturated carbocycles. The zero-order valence-corrected chi connectivity index (χ0v) is 12.5. The SMILES string of the molecule is NC(=O)Nc1cccc(NC(=O)c2cc(Br)ccc2N)c1. The van der Waals surface area contributed by atoms with E-state index in [4.69, 9.17) is 11.5 Å². The average molecular weight is 349 g/mol. The molecule has 21 heavy (non-hydrogen) atoms. The molecule has 0 heterocycles. The fraction of sp³-hybridized carbons (Fsp3) is 0. The molecule has 3 amide bonds. The number of halogens is 1. The zero-order valence-electron chi connectivity index (χ0n) is 10.9. The van der Waals surface area contributed by atoms with Gasteiger partial charge in [0.2, 0.25) is 0 Å². The van der Waals surface area contributed by atoms with Gasteiger partial charge in [-0.05, 0) is 36.4 Å². The lowest BCUT2D eigenvalue weighted by atomic mass is 10.1. The molecule has 0 unspecified atom stereocenters. The Morgan fingerprint density at radius 3 is 2.33 bits per heavy atom. The Morgan fingerprint density at radius 2 is 1.67 bits per heavy atom. The van der Waals surface area contributed by atoms with Crippen LogP contribution < -0.4 is 22.1 Å². The van der Waals surface area contributed by atoms with E-state index in [0.29, 0.717) is 22.6 Å². The second-order valence-electron chi connectivity index (χ2n) is 4.26. The summed E-state index contributed by atoms with van der Waals surface area (Å²) in [5.74, 6) is -0.343. The number of amides is 3. The fourth-order valence-corrected chi connectivity index (χ4v) is 2.10. The van der Waals surface area contributed by atoms with Crippen LogP contribution in [0.25, 0.3) is 0 Å². The topological polar surface area (TPSA) is 110 Å². The summed E-state index contributed by atoms with van der Waals surface area (Å²) in [5, 5.41) is 5.14. The Kier molecular flexibility index (Phi) is 4.44. The van der Waals surface area contributed by atoms with Crippen molar-refractivity contribution >= 4 is 44.9 Å². The summed E-state index contributed by atoms with van der Waals surface area (Å²) in [6.45, 7) is 0. The van der Waals surface area contributed by atoms with Crippen molar-refractivity contribution in [1.82, 2.24) is 0 Å². The summed E-state index contributed by atoms with van der Waals surface area (Å²) in [6, 6.07) is 11.0. The van der Waals surface area contributed by atoms with Crippen molar-refractivity contribution in [2.45, 2.75) is 0 Å². The van der Waals surface area contributed by atoms with E-state index in [-0.39, 0.29) is 5.91 Å². The predicted octanol–water partition coefficient (Wildman–Crippen LogP) is 2.77. The van der Waals surface area contributed by atoms with Crippen molar-refractivity contribution in [3.8, 4) is 0 Å². The van der Waals surface area contributed by atoms with Gasteiger partial charge < -0.3 is 22.1 Å². The molecule has 2 aromatic carbocycles. The maximum Gasteiger partial charge on any atom is 0.316 e. The Morgan fingerprint density at radius 1 is 1.00 bits per heavy atom. The maximum atomic E-state index is 12.2. The highest BCUT2D eigenvalue weighted by atomic mass is 79.9. The van der Waals surface area contributed by atoms with E-state index in [1.54, 1.807) is 42.5 Å². The second-order valence-corrected chi connectivity index (χ2v) is 5.17. The number of anilines is 3. The van der Waals surface area contributed by atoms with Crippen LogP contribution in [0.5, 0.6) is 0 Å². The lowest BCUT2D eigenvalue weighted by Gasteiger charge is -2.09. The van der Waals surface area contributed by atoms with E-state index in [1.807, 2.05) is 0 Å². The Bertz CT molecular complexity index is 703. The summed E-state index contributed by atoms with van der Waals surface area (Å²) < 4.78 is 0.756. The minimum absolute atomic E-state index is 0.343. The van der Waals surface area contributed by atoms with Gasteiger partial charge in [-0.1, -0.05) is 22.0 Å². The van der Waals surface area contributed by atoms with Crippen LogP contribution in [0.15, 0.2) is 46.9 Å². The van der Waals surface area contributed by atoms with Gasteiger partial charge in [-0.3, -0.25) is 4.79 Å². The van der Waals surface area contributed by atoms with E-state index in [2.05, 4.69) is 26.6 Å². The first-order valence-corrected chi connectivity index (χ1v) is 6.78. The first kappa shape index (κ1) is 14.9.